The first-order valence-electron chi connectivity index (χ1n) is 1.85. The molecule has 41 valence electrons. The Morgan fingerprint density at radius 1 is 0.857 bits per heavy atom. The molecule has 1 rings (SSSR count). The Bertz CT molecular complexity index is 80.0. The van der Waals surface area contributed by atoms with Crippen molar-refractivity contribution in [3.63, 3.8) is 0 Å². The van der Waals surface area contributed by atoms with Crippen molar-refractivity contribution in [3.05, 3.63) is 30.6 Å². The topological polar surface area (TPSA) is 12.9 Å². The van der Waals surface area contributed by atoms with Crippen molar-refractivity contribution >= 4 is 0 Å². The van der Waals surface area contributed by atoms with Gasteiger partial charge < -0.3 is 0 Å². The van der Waals surface area contributed by atoms with Gasteiger partial charge in [-0.3, -0.25) is 4.98 Å². The number of aromatic nitrogens is 1. The van der Waals surface area contributed by atoms with E-state index in [0.717, 1.165) is 0 Å². The third-order valence-corrected chi connectivity index (χ3v) is 0.566. The van der Waals surface area contributed by atoms with Crippen molar-refractivity contribution in [2.24, 2.45) is 0 Å². The molecule has 0 saturated carbocycles. The van der Waals surface area contributed by atoms with Crippen LogP contribution in [0, 0.1) is 0 Å². The van der Waals surface area contributed by atoms with E-state index in [4.69, 9.17) is 0 Å². The van der Waals surface area contributed by atoms with Gasteiger partial charge in [0.1, 0.15) is 0 Å². The molecule has 0 saturated heterocycles. The number of hydrogen-bond donors (Lipinski definition) is 0. The van der Waals surface area contributed by atoms with Crippen LogP contribution in [0.4, 0.5) is 0 Å². The maximum Gasteiger partial charge on any atom is 0.0267 e. The first kappa shape index (κ1) is 6.67. The number of pyridine rings is 1. The van der Waals surface area contributed by atoms with E-state index >= 15 is 0 Å². The fourth-order valence-corrected chi connectivity index (χ4v) is 0.313. The molecule has 2 heteroatoms. The summed E-state index contributed by atoms with van der Waals surface area (Å²) in [4.78, 5) is 3.78. The van der Waals surface area contributed by atoms with Gasteiger partial charge in [-0.25, -0.2) is 0 Å². The first-order chi connectivity index (χ1) is 3.00. The van der Waals surface area contributed by atoms with E-state index in [0.29, 0.717) is 0 Å². The van der Waals surface area contributed by atoms with Gasteiger partial charge in [0.15, 0.2) is 0 Å². The standard InChI is InChI=1S/C5H5N.Cu/c1-2-4-6-5-3-1;/h1-5H;. The van der Waals surface area contributed by atoms with E-state index < -0.39 is 0 Å². The van der Waals surface area contributed by atoms with Gasteiger partial charge in [-0.2, -0.15) is 0 Å². The Morgan fingerprint density at radius 3 is 1.57 bits per heavy atom. The van der Waals surface area contributed by atoms with E-state index in [9.17, 15) is 0 Å². The first-order valence-corrected chi connectivity index (χ1v) is 1.85. The molecule has 0 bridgehead atoms. The molecule has 0 spiro atoms. The second-order valence-electron chi connectivity index (χ2n) is 1.02. The third-order valence-electron chi connectivity index (χ3n) is 0.566. The smallest absolute Gasteiger partial charge is 0.0267 e. The molecule has 0 aliphatic carbocycles. The summed E-state index contributed by atoms with van der Waals surface area (Å²) in [5.41, 5.74) is 0. The molecule has 0 aliphatic heterocycles. The number of hydrogen-bond acceptors (Lipinski definition) is 1. The molecular formula is C5H5CuN. The van der Waals surface area contributed by atoms with E-state index in [1.165, 1.54) is 0 Å². The molecule has 0 atom stereocenters. The molecule has 1 heterocycles. The van der Waals surface area contributed by atoms with Crippen molar-refractivity contribution in [3.8, 4) is 0 Å². The van der Waals surface area contributed by atoms with E-state index in [-0.39, 0.29) is 17.1 Å². The van der Waals surface area contributed by atoms with Crippen LogP contribution in [-0.4, -0.2) is 4.98 Å². The Morgan fingerprint density at radius 2 is 1.43 bits per heavy atom. The van der Waals surface area contributed by atoms with Crippen LogP contribution >= 0.6 is 0 Å². The predicted molar refractivity (Wildman–Crippen MR) is 24.2 cm³/mol. The molecule has 1 aromatic heterocycles. The second kappa shape index (κ2) is 3.85. The Kier molecular flexibility index (Phi) is 3.66. The van der Waals surface area contributed by atoms with Crippen LogP contribution in [0.2, 0.25) is 0 Å². The van der Waals surface area contributed by atoms with E-state index in [2.05, 4.69) is 4.98 Å². The van der Waals surface area contributed by atoms with Gasteiger partial charge in [-0.15, -0.1) is 0 Å². The summed E-state index contributed by atoms with van der Waals surface area (Å²) >= 11 is 0. The fourth-order valence-electron chi connectivity index (χ4n) is 0.313. The molecule has 0 unspecified atom stereocenters. The SMILES string of the molecule is [Cu].c1ccncc1. The molecule has 0 N–H and O–H groups in total. The summed E-state index contributed by atoms with van der Waals surface area (Å²) in [6, 6.07) is 5.72. The normalized spacial score (nSPS) is 6.86. The minimum atomic E-state index is 0. The van der Waals surface area contributed by atoms with E-state index in [1.807, 2.05) is 18.2 Å². The monoisotopic (exact) mass is 142 g/mol. The van der Waals surface area contributed by atoms with Crippen molar-refractivity contribution in [2.75, 3.05) is 0 Å². The maximum absolute atomic E-state index is 3.78. The summed E-state index contributed by atoms with van der Waals surface area (Å²) in [6.45, 7) is 0. The number of nitrogens with zero attached hydrogens (tertiary/aromatic N) is 1. The van der Waals surface area contributed by atoms with Crippen LogP contribution in [0.25, 0.3) is 0 Å². The molecule has 7 heavy (non-hydrogen) atoms. The third kappa shape index (κ3) is 2.38. The average molecular weight is 143 g/mol. The van der Waals surface area contributed by atoms with Gasteiger partial charge in [0.2, 0.25) is 0 Å². The summed E-state index contributed by atoms with van der Waals surface area (Å²) in [7, 11) is 0. The van der Waals surface area contributed by atoms with Gasteiger partial charge in [0.05, 0.1) is 0 Å². The number of rotatable bonds is 0. The molecule has 0 fully saturated rings. The van der Waals surface area contributed by atoms with Gasteiger partial charge >= 0.3 is 0 Å². The van der Waals surface area contributed by atoms with Gasteiger partial charge in [-0.1, -0.05) is 6.07 Å². The molecule has 0 aliphatic rings. The zero-order valence-corrected chi connectivity index (χ0v) is 4.58. The summed E-state index contributed by atoms with van der Waals surface area (Å²) in [5.74, 6) is 0. The van der Waals surface area contributed by atoms with Gasteiger partial charge in [0, 0.05) is 29.5 Å². The second-order valence-corrected chi connectivity index (χ2v) is 1.02. The van der Waals surface area contributed by atoms with Gasteiger partial charge in [0.25, 0.3) is 0 Å². The molecule has 0 aromatic carbocycles. The van der Waals surface area contributed by atoms with Crippen molar-refractivity contribution in [1.29, 1.82) is 0 Å². The van der Waals surface area contributed by atoms with Crippen LogP contribution in [0.15, 0.2) is 30.6 Å². The van der Waals surface area contributed by atoms with Crippen LogP contribution in [0.5, 0.6) is 0 Å². The van der Waals surface area contributed by atoms with Crippen molar-refractivity contribution in [2.45, 2.75) is 0 Å². The maximum atomic E-state index is 3.78. The predicted octanol–water partition coefficient (Wildman–Crippen LogP) is 1.08. The fraction of sp³-hybridized carbons (Fsp3) is 0. The minimum Gasteiger partial charge on any atom is -0.265 e. The largest absolute Gasteiger partial charge is 0.265 e. The van der Waals surface area contributed by atoms with Gasteiger partial charge in [-0.05, 0) is 12.1 Å². The Hall–Kier alpha value is -0.331. The van der Waals surface area contributed by atoms with Crippen molar-refractivity contribution < 1.29 is 17.1 Å². The Balaban J connectivity index is 0.000000360. The molecule has 1 radical (unpaired) electrons. The van der Waals surface area contributed by atoms with Crippen LogP contribution in [-0.2, 0) is 17.1 Å². The quantitative estimate of drug-likeness (QED) is 0.494. The molecule has 0 amide bonds. The summed E-state index contributed by atoms with van der Waals surface area (Å²) < 4.78 is 0. The zero-order valence-electron chi connectivity index (χ0n) is 3.64. The van der Waals surface area contributed by atoms with E-state index in [1.54, 1.807) is 12.4 Å². The molecule has 1 aromatic rings. The van der Waals surface area contributed by atoms with Crippen molar-refractivity contribution in [1.82, 2.24) is 4.98 Å². The van der Waals surface area contributed by atoms with Crippen LogP contribution in [0.3, 0.4) is 0 Å². The molecule has 1 nitrogen and oxygen atoms in total. The van der Waals surface area contributed by atoms with Crippen LogP contribution < -0.4 is 0 Å². The summed E-state index contributed by atoms with van der Waals surface area (Å²) in [5, 5.41) is 0. The van der Waals surface area contributed by atoms with Crippen LogP contribution in [0.1, 0.15) is 0 Å². The average Bonchev–Trinajstić information content (AvgIpc) is 1.72. The minimum absolute atomic E-state index is 0. The molecular weight excluding hydrogens is 138 g/mol. The summed E-state index contributed by atoms with van der Waals surface area (Å²) in [6.07, 6.45) is 3.50. The zero-order chi connectivity index (χ0) is 4.24. The Labute approximate surface area is 53.2 Å².